The van der Waals surface area contributed by atoms with Crippen LogP contribution in [-0.4, -0.2) is 8.42 Å². The first-order valence-electron chi connectivity index (χ1n) is 4.06. The van der Waals surface area contributed by atoms with E-state index < -0.39 is 33.2 Å². The standard InChI is InChI=1S/C8H6F3N3O2S/c9-8(10,11)6-2-1-3-7(5(6)4-12)14-17(13,15)16/h1-3,14H,(H2,13,15,16). The number of nitrogens with zero attached hydrogens (tertiary/aromatic N) is 1. The summed E-state index contributed by atoms with van der Waals surface area (Å²) in [5.41, 5.74) is -2.56. The smallest absolute Gasteiger partial charge is 0.270 e. The van der Waals surface area contributed by atoms with Gasteiger partial charge in [0, 0.05) is 0 Å². The molecule has 5 nitrogen and oxygen atoms in total. The summed E-state index contributed by atoms with van der Waals surface area (Å²) in [6.45, 7) is 0. The molecule has 0 bridgehead atoms. The predicted molar refractivity (Wildman–Crippen MR) is 52.9 cm³/mol. The molecule has 0 atom stereocenters. The van der Waals surface area contributed by atoms with Crippen molar-refractivity contribution in [2.24, 2.45) is 5.14 Å². The molecule has 3 N–H and O–H groups in total. The molecule has 17 heavy (non-hydrogen) atoms. The Kier molecular flexibility index (Phi) is 3.30. The zero-order valence-corrected chi connectivity index (χ0v) is 8.93. The summed E-state index contributed by atoms with van der Waals surface area (Å²) in [4.78, 5) is 0. The molecule has 1 aromatic rings. The molecule has 92 valence electrons. The summed E-state index contributed by atoms with van der Waals surface area (Å²) in [7, 11) is -4.24. The largest absolute Gasteiger partial charge is 0.417 e. The van der Waals surface area contributed by atoms with Crippen LogP contribution in [0.15, 0.2) is 18.2 Å². The molecule has 9 heteroatoms. The fourth-order valence-electron chi connectivity index (χ4n) is 1.15. The van der Waals surface area contributed by atoms with Crippen molar-refractivity contribution < 1.29 is 21.6 Å². The fraction of sp³-hybridized carbons (Fsp3) is 0.125. The lowest BCUT2D eigenvalue weighted by molar-refractivity contribution is -0.137. The number of halogens is 3. The number of anilines is 1. The minimum Gasteiger partial charge on any atom is -0.270 e. The van der Waals surface area contributed by atoms with E-state index in [1.54, 1.807) is 4.72 Å². The van der Waals surface area contributed by atoms with Crippen molar-refractivity contribution in [3.05, 3.63) is 29.3 Å². The molecule has 0 radical (unpaired) electrons. The third kappa shape index (κ3) is 3.33. The van der Waals surface area contributed by atoms with Crippen LogP contribution in [-0.2, 0) is 16.4 Å². The Bertz CT molecular complexity index is 575. The van der Waals surface area contributed by atoms with E-state index in [0.29, 0.717) is 6.07 Å². The van der Waals surface area contributed by atoms with Crippen molar-refractivity contribution in [2.75, 3.05) is 4.72 Å². The van der Waals surface area contributed by atoms with Gasteiger partial charge in [-0.2, -0.15) is 26.9 Å². The zero-order chi connectivity index (χ0) is 13.3. The SMILES string of the molecule is N#Cc1c(NS(N)(=O)=O)cccc1C(F)(F)F. The first-order chi connectivity index (χ1) is 7.65. The van der Waals surface area contributed by atoms with Crippen molar-refractivity contribution in [2.45, 2.75) is 6.18 Å². The van der Waals surface area contributed by atoms with E-state index in [-0.39, 0.29) is 0 Å². The highest BCUT2D eigenvalue weighted by Gasteiger charge is 2.34. The van der Waals surface area contributed by atoms with E-state index in [0.717, 1.165) is 12.1 Å². The van der Waals surface area contributed by atoms with Gasteiger partial charge in [-0.15, -0.1) is 0 Å². The van der Waals surface area contributed by atoms with Crippen LogP contribution in [0.4, 0.5) is 18.9 Å². The first kappa shape index (κ1) is 13.3. The van der Waals surface area contributed by atoms with Crippen molar-refractivity contribution in [1.82, 2.24) is 0 Å². The molecule has 0 aliphatic rings. The van der Waals surface area contributed by atoms with Gasteiger partial charge in [0.1, 0.15) is 6.07 Å². The monoisotopic (exact) mass is 265 g/mol. The number of nitrogens with two attached hydrogens (primary N) is 1. The lowest BCUT2D eigenvalue weighted by atomic mass is 10.1. The van der Waals surface area contributed by atoms with Gasteiger partial charge >= 0.3 is 6.18 Å². The van der Waals surface area contributed by atoms with Gasteiger partial charge in [-0.05, 0) is 12.1 Å². The predicted octanol–water partition coefficient (Wildman–Crippen LogP) is 1.19. The molecular weight excluding hydrogens is 259 g/mol. The highest BCUT2D eigenvalue weighted by molar-refractivity contribution is 7.90. The second-order valence-electron chi connectivity index (χ2n) is 2.98. The average molecular weight is 265 g/mol. The Morgan fingerprint density at radius 2 is 1.94 bits per heavy atom. The van der Waals surface area contributed by atoms with E-state index in [2.05, 4.69) is 5.14 Å². The van der Waals surface area contributed by atoms with Crippen LogP contribution in [0.3, 0.4) is 0 Å². The van der Waals surface area contributed by atoms with Crippen molar-refractivity contribution in [1.29, 1.82) is 5.26 Å². The van der Waals surface area contributed by atoms with Crippen molar-refractivity contribution in [3.63, 3.8) is 0 Å². The second kappa shape index (κ2) is 4.23. The number of benzene rings is 1. The second-order valence-corrected chi connectivity index (χ2v) is 4.28. The molecule has 0 fully saturated rings. The molecule has 0 aliphatic carbocycles. The Morgan fingerprint density at radius 1 is 1.35 bits per heavy atom. The van der Waals surface area contributed by atoms with Crippen LogP contribution >= 0.6 is 0 Å². The van der Waals surface area contributed by atoms with Crippen LogP contribution in [0.2, 0.25) is 0 Å². The van der Waals surface area contributed by atoms with Gasteiger partial charge < -0.3 is 0 Å². The van der Waals surface area contributed by atoms with Gasteiger partial charge in [0.05, 0.1) is 16.8 Å². The highest BCUT2D eigenvalue weighted by Crippen LogP contribution is 2.34. The molecular formula is C8H6F3N3O2S. The lowest BCUT2D eigenvalue weighted by Gasteiger charge is -2.12. The Balaban J connectivity index is 3.41. The van der Waals surface area contributed by atoms with Crippen LogP contribution in [0, 0.1) is 11.3 Å². The summed E-state index contributed by atoms with van der Waals surface area (Å²) in [5.74, 6) is 0. The van der Waals surface area contributed by atoms with Crippen LogP contribution < -0.4 is 9.86 Å². The van der Waals surface area contributed by atoms with E-state index in [4.69, 9.17) is 5.26 Å². The number of hydrogen-bond donors (Lipinski definition) is 2. The van der Waals surface area contributed by atoms with Crippen molar-refractivity contribution >= 4 is 15.9 Å². The maximum atomic E-state index is 12.5. The van der Waals surface area contributed by atoms with Crippen LogP contribution in [0.25, 0.3) is 0 Å². The summed E-state index contributed by atoms with van der Waals surface area (Å²) in [5, 5.41) is 13.3. The molecule has 1 aromatic carbocycles. The lowest BCUT2D eigenvalue weighted by Crippen LogP contribution is -2.23. The van der Waals surface area contributed by atoms with Crippen LogP contribution in [0.5, 0.6) is 0 Å². The third-order valence-electron chi connectivity index (χ3n) is 1.73. The zero-order valence-electron chi connectivity index (χ0n) is 8.12. The maximum absolute atomic E-state index is 12.5. The summed E-state index contributed by atoms with van der Waals surface area (Å²) in [6.07, 6.45) is -4.75. The van der Waals surface area contributed by atoms with E-state index in [1.165, 1.54) is 6.07 Å². The van der Waals surface area contributed by atoms with Gasteiger partial charge in [0.15, 0.2) is 0 Å². The van der Waals surface area contributed by atoms with E-state index in [1.807, 2.05) is 0 Å². The first-order valence-corrected chi connectivity index (χ1v) is 5.60. The fourth-order valence-corrected chi connectivity index (χ4v) is 1.62. The minimum atomic E-state index is -4.75. The van der Waals surface area contributed by atoms with Gasteiger partial charge in [-0.3, -0.25) is 4.72 Å². The quantitative estimate of drug-likeness (QED) is 0.840. The van der Waals surface area contributed by atoms with Gasteiger partial charge in [0.25, 0.3) is 10.2 Å². The summed E-state index contributed by atoms with van der Waals surface area (Å²) >= 11 is 0. The minimum absolute atomic E-state index is 0.509. The molecule has 0 saturated carbocycles. The van der Waals surface area contributed by atoms with Crippen LogP contribution in [0.1, 0.15) is 11.1 Å². The molecule has 0 aliphatic heterocycles. The molecule has 0 amide bonds. The van der Waals surface area contributed by atoms with Gasteiger partial charge in [-0.1, -0.05) is 6.07 Å². The average Bonchev–Trinajstić information content (AvgIpc) is 2.13. The molecule has 0 heterocycles. The Hall–Kier alpha value is -1.79. The molecule has 1 rings (SSSR count). The number of nitrogens with one attached hydrogen (secondary N) is 1. The van der Waals surface area contributed by atoms with Crippen molar-refractivity contribution in [3.8, 4) is 6.07 Å². The number of nitriles is 1. The van der Waals surface area contributed by atoms with Gasteiger partial charge in [-0.25, -0.2) is 5.14 Å². The highest BCUT2D eigenvalue weighted by atomic mass is 32.2. The topological polar surface area (TPSA) is 96.0 Å². The number of alkyl halides is 3. The van der Waals surface area contributed by atoms with E-state index in [9.17, 15) is 21.6 Å². The summed E-state index contributed by atoms with van der Waals surface area (Å²) < 4.78 is 60.5. The normalized spacial score (nSPS) is 11.9. The molecule has 0 aromatic heterocycles. The number of hydrogen-bond acceptors (Lipinski definition) is 3. The molecule has 0 spiro atoms. The third-order valence-corrected chi connectivity index (χ3v) is 2.24. The number of rotatable bonds is 2. The summed E-state index contributed by atoms with van der Waals surface area (Å²) in [6, 6.07) is 3.95. The Labute approximate surface area is 94.8 Å². The maximum Gasteiger partial charge on any atom is 0.417 e. The molecule has 0 unspecified atom stereocenters. The van der Waals surface area contributed by atoms with E-state index >= 15 is 0 Å². The Morgan fingerprint density at radius 3 is 2.35 bits per heavy atom. The molecule has 0 saturated heterocycles. The van der Waals surface area contributed by atoms with Gasteiger partial charge in [0.2, 0.25) is 0 Å².